The van der Waals surface area contributed by atoms with Crippen LogP contribution in [0.4, 0.5) is 0 Å². The van der Waals surface area contributed by atoms with Crippen LogP contribution in [0.15, 0.2) is 36.5 Å². The highest BCUT2D eigenvalue weighted by atomic mass is 32.2. The summed E-state index contributed by atoms with van der Waals surface area (Å²) >= 11 is 0. The van der Waals surface area contributed by atoms with Gasteiger partial charge in [0.05, 0.1) is 17.9 Å². The Labute approximate surface area is 253 Å². The highest BCUT2D eigenvalue weighted by Gasteiger charge is 2.24. The van der Waals surface area contributed by atoms with E-state index in [2.05, 4.69) is 43.5 Å². The standard InChI is InChI=1S/C34H63NO5S/c1-3-5-7-9-11-13-15-16-17-18-20-21-23-25-27-29-33(36)32(31-41(38,39)40)35-34(37)30-28-26-24-22-19-14-12-10-8-6-4-2/h10,12,20-21,27,29,32-33,36H,3-9,11,13-19,22-26,28,30-31H2,1-2H3,(H,35,37)(H,38,39,40)/b12-10-,21-20+,29-27+. The minimum Gasteiger partial charge on any atom is -0.387 e. The first-order chi connectivity index (χ1) is 19.8. The van der Waals surface area contributed by atoms with Crippen molar-refractivity contribution in [3.05, 3.63) is 36.5 Å². The number of amides is 1. The minimum absolute atomic E-state index is 0.277. The summed E-state index contributed by atoms with van der Waals surface area (Å²) in [6, 6.07) is -1.07. The van der Waals surface area contributed by atoms with Crippen molar-refractivity contribution in [2.24, 2.45) is 0 Å². The van der Waals surface area contributed by atoms with E-state index in [0.29, 0.717) is 12.8 Å². The van der Waals surface area contributed by atoms with Crippen molar-refractivity contribution in [2.45, 2.75) is 167 Å². The van der Waals surface area contributed by atoms with Crippen LogP contribution >= 0.6 is 0 Å². The van der Waals surface area contributed by atoms with Crippen molar-refractivity contribution in [3.8, 4) is 0 Å². The normalized spacial score (nSPS) is 14.0. The van der Waals surface area contributed by atoms with Crippen LogP contribution < -0.4 is 5.32 Å². The van der Waals surface area contributed by atoms with Crippen molar-refractivity contribution >= 4 is 16.0 Å². The first-order valence-corrected chi connectivity index (χ1v) is 18.3. The molecule has 0 aromatic carbocycles. The second-order valence-corrected chi connectivity index (χ2v) is 12.9. The first-order valence-electron chi connectivity index (χ1n) is 16.7. The number of nitrogens with one attached hydrogen (secondary N) is 1. The van der Waals surface area contributed by atoms with Gasteiger partial charge in [-0.05, 0) is 51.4 Å². The molecule has 0 radical (unpaired) electrons. The molecule has 0 spiro atoms. The number of carbonyl (C=O) groups is 1. The molecular weight excluding hydrogens is 534 g/mol. The zero-order valence-electron chi connectivity index (χ0n) is 26.4. The molecule has 2 unspecified atom stereocenters. The van der Waals surface area contributed by atoms with Gasteiger partial charge in [-0.15, -0.1) is 0 Å². The molecule has 0 aliphatic rings. The SMILES string of the molecule is CCCC/C=C\CCCCCCCC(=O)NC(CS(=O)(=O)O)C(O)/C=C/CC/C=C/CCCCCCCCCCC. The number of aliphatic hydroxyl groups excluding tert-OH is 1. The third kappa shape index (κ3) is 29.8. The number of carbonyl (C=O) groups excluding carboxylic acids is 1. The van der Waals surface area contributed by atoms with E-state index in [0.717, 1.165) is 51.4 Å². The van der Waals surface area contributed by atoms with Crippen LogP contribution in [-0.2, 0) is 14.9 Å². The Kier molecular flexibility index (Phi) is 27.7. The van der Waals surface area contributed by atoms with E-state index in [9.17, 15) is 22.9 Å². The maximum atomic E-state index is 12.4. The molecule has 240 valence electrons. The fourth-order valence-electron chi connectivity index (χ4n) is 4.74. The average Bonchev–Trinajstić information content (AvgIpc) is 2.92. The third-order valence-electron chi connectivity index (χ3n) is 7.29. The molecule has 7 heteroatoms. The van der Waals surface area contributed by atoms with E-state index in [1.54, 1.807) is 6.08 Å². The lowest BCUT2D eigenvalue weighted by atomic mass is 10.1. The van der Waals surface area contributed by atoms with Crippen LogP contribution in [0.2, 0.25) is 0 Å². The zero-order chi connectivity index (χ0) is 30.4. The van der Waals surface area contributed by atoms with Crippen LogP contribution in [0, 0.1) is 0 Å². The molecule has 0 fully saturated rings. The minimum atomic E-state index is -4.34. The number of allylic oxidation sites excluding steroid dienone is 5. The predicted octanol–water partition coefficient (Wildman–Crippen LogP) is 9.01. The summed E-state index contributed by atoms with van der Waals surface area (Å²) in [6.45, 7) is 4.44. The lowest BCUT2D eigenvalue weighted by Crippen LogP contribution is -2.46. The van der Waals surface area contributed by atoms with E-state index >= 15 is 0 Å². The Bertz CT molecular complexity index is 791. The molecule has 0 aliphatic carbocycles. The van der Waals surface area contributed by atoms with Crippen molar-refractivity contribution in [2.75, 3.05) is 5.75 Å². The van der Waals surface area contributed by atoms with Crippen LogP contribution in [0.1, 0.15) is 155 Å². The fourth-order valence-corrected chi connectivity index (χ4v) is 5.47. The highest BCUT2D eigenvalue weighted by Crippen LogP contribution is 2.12. The monoisotopic (exact) mass is 597 g/mol. The quantitative estimate of drug-likeness (QED) is 0.0453. The number of aliphatic hydroxyl groups is 1. The Morgan fingerprint density at radius 1 is 0.634 bits per heavy atom. The molecule has 2 atom stereocenters. The lowest BCUT2D eigenvalue weighted by molar-refractivity contribution is -0.122. The van der Waals surface area contributed by atoms with Gasteiger partial charge in [-0.2, -0.15) is 8.42 Å². The molecule has 0 bridgehead atoms. The smallest absolute Gasteiger partial charge is 0.267 e. The molecule has 3 N–H and O–H groups in total. The topological polar surface area (TPSA) is 104 Å². The average molecular weight is 598 g/mol. The van der Waals surface area contributed by atoms with Gasteiger partial charge >= 0.3 is 0 Å². The molecule has 0 saturated carbocycles. The second-order valence-electron chi connectivity index (χ2n) is 11.4. The Balaban J connectivity index is 4.12. The molecule has 0 aromatic rings. The van der Waals surface area contributed by atoms with E-state index < -0.39 is 28.0 Å². The van der Waals surface area contributed by atoms with Gasteiger partial charge in [0.15, 0.2) is 0 Å². The maximum Gasteiger partial charge on any atom is 0.267 e. The Morgan fingerprint density at radius 2 is 1.07 bits per heavy atom. The summed E-state index contributed by atoms with van der Waals surface area (Å²) in [5.41, 5.74) is 0. The summed E-state index contributed by atoms with van der Waals surface area (Å²) in [4.78, 5) is 12.4. The van der Waals surface area contributed by atoms with Crippen molar-refractivity contribution in [1.82, 2.24) is 5.32 Å². The van der Waals surface area contributed by atoms with Crippen LogP contribution in [0.25, 0.3) is 0 Å². The van der Waals surface area contributed by atoms with Gasteiger partial charge in [-0.3, -0.25) is 9.35 Å². The van der Waals surface area contributed by atoms with E-state index in [1.165, 1.54) is 76.7 Å². The largest absolute Gasteiger partial charge is 0.387 e. The van der Waals surface area contributed by atoms with Gasteiger partial charge in [0.1, 0.15) is 0 Å². The molecule has 41 heavy (non-hydrogen) atoms. The first kappa shape index (κ1) is 39.6. The molecule has 0 saturated heterocycles. The summed E-state index contributed by atoms with van der Waals surface area (Å²) in [7, 11) is -4.34. The fraction of sp³-hybridized carbons (Fsp3) is 0.794. The predicted molar refractivity (Wildman–Crippen MR) is 175 cm³/mol. The van der Waals surface area contributed by atoms with Gasteiger partial charge in [-0.1, -0.05) is 134 Å². The number of unbranched alkanes of at least 4 members (excludes halogenated alkanes) is 17. The zero-order valence-corrected chi connectivity index (χ0v) is 27.2. The Morgan fingerprint density at radius 3 is 1.61 bits per heavy atom. The van der Waals surface area contributed by atoms with Crippen LogP contribution in [0.5, 0.6) is 0 Å². The molecular formula is C34H63NO5S. The van der Waals surface area contributed by atoms with Crippen LogP contribution in [0.3, 0.4) is 0 Å². The highest BCUT2D eigenvalue weighted by molar-refractivity contribution is 7.85. The number of hydrogen-bond acceptors (Lipinski definition) is 4. The van der Waals surface area contributed by atoms with Gasteiger partial charge in [0.25, 0.3) is 10.1 Å². The third-order valence-corrected chi connectivity index (χ3v) is 8.07. The van der Waals surface area contributed by atoms with Crippen molar-refractivity contribution < 1.29 is 22.9 Å². The van der Waals surface area contributed by atoms with Gasteiger partial charge in [0, 0.05) is 6.42 Å². The molecule has 0 aliphatic heterocycles. The summed E-state index contributed by atoms with van der Waals surface area (Å²) < 4.78 is 32.2. The molecule has 6 nitrogen and oxygen atoms in total. The van der Waals surface area contributed by atoms with E-state index in [-0.39, 0.29) is 12.3 Å². The van der Waals surface area contributed by atoms with E-state index in [1.807, 2.05) is 0 Å². The second kappa shape index (κ2) is 28.7. The molecule has 1 amide bonds. The molecule has 0 aromatic heterocycles. The van der Waals surface area contributed by atoms with Gasteiger partial charge in [0.2, 0.25) is 5.91 Å². The maximum absolute atomic E-state index is 12.4. The molecule has 0 heterocycles. The Hall–Kier alpha value is -1.44. The lowest BCUT2D eigenvalue weighted by Gasteiger charge is -2.21. The van der Waals surface area contributed by atoms with Crippen LogP contribution in [-0.4, -0.2) is 41.9 Å². The molecule has 0 rings (SSSR count). The summed E-state index contributed by atoms with van der Waals surface area (Å²) in [5, 5.41) is 13.1. The number of rotatable bonds is 29. The van der Waals surface area contributed by atoms with Crippen molar-refractivity contribution in [3.63, 3.8) is 0 Å². The number of hydrogen-bond donors (Lipinski definition) is 3. The van der Waals surface area contributed by atoms with Gasteiger partial charge in [-0.25, -0.2) is 0 Å². The summed E-state index contributed by atoms with van der Waals surface area (Å²) in [5.74, 6) is -1.02. The van der Waals surface area contributed by atoms with E-state index in [4.69, 9.17) is 0 Å². The van der Waals surface area contributed by atoms with Crippen molar-refractivity contribution in [1.29, 1.82) is 0 Å². The summed E-state index contributed by atoms with van der Waals surface area (Å²) in [6.07, 6.45) is 35.6. The van der Waals surface area contributed by atoms with Gasteiger partial charge < -0.3 is 10.4 Å².